The fourth-order valence-electron chi connectivity index (χ4n) is 5.04. The SMILES string of the molecule is COc1ccc([C@H]2C3=C(C[C@@H](c4ccccc4)CC3=O)N=C(C)C2C(=O)OC(C)C)c(OC)c1. The number of carbonyl (C=O) groups excluding carboxylic acids is 2. The molecule has 1 aliphatic heterocycles. The molecule has 2 aromatic rings. The number of rotatable bonds is 6. The highest BCUT2D eigenvalue weighted by molar-refractivity contribution is 6.09. The molecule has 1 unspecified atom stereocenters. The van der Waals surface area contributed by atoms with Crippen molar-refractivity contribution in [2.45, 2.75) is 51.6 Å². The minimum absolute atomic E-state index is 0.0107. The lowest BCUT2D eigenvalue weighted by Crippen LogP contribution is -2.39. The first kappa shape index (κ1) is 23.7. The second kappa shape index (κ2) is 9.84. The minimum atomic E-state index is -0.708. The Hall–Kier alpha value is -3.41. The highest BCUT2D eigenvalue weighted by Crippen LogP contribution is 2.49. The zero-order valence-corrected chi connectivity index (χ0v) is 20.3. The zero-order chi connectivity index (χ0) is 24.4. The van der Waals surface area contributed by atoms with E-state index in [2.05, 4.69) is 12.1 Å². The minimum Gasteiger partial charge on any atom is -0.497 e. The number of benzene rings is 2. The number of aliphatic imine (C=N–C) groups is 1. The Bertz CT molecular complexity index is 1150. The number of allylic oxidation sites excluding steroid dienone is 2. The molecule has 0 aromatic heterocycles. The lowest BCUT2D eigenvalue weighted by Gasteiger charge is -2.37. The van der Waals surface area contributed by atoms with Crippen LogP contribution in [0.3, 0.4) is 0 Å². The molecule has 0 spiro atoms. The largest absolute Gasteiger partial charge is 0.497 e. The summed E-state index contributed by atoms with van der Waals surface area (Å²) >= 11 is 0. The predicted octanol–water partition coefficient (Wildman–Crippen LogP) is 5.23. The molecular weight excluding hydrogens is 430 g/mol. The topological polar surface area (TPSA) is 74.2 Å². The van der Waals surface area contributed by atoms with Gasteiger partial charge in [0.25, 0.3) is 0 Å². The number of carbonyl (C=O) groups is 2. The van der Waals surface area contributed by atoms with Crippen LogP contribution >= 0.6 is 0 Å². The second-order valence-electron chi connectivity index (χ2n) is 9.10. The van der Waals surface area contributed by atoms with Gasteiger partial charge in [0.05, 0.1) is 20.3 Å². The fraction of sp³-hybridized carbons (Fsp3) is 0.393. The number of esters is 1. The molecule has 2 aromatic carbocycles. The normalized spacial score (nSPS) is 22.2. The van der Waals surface area contributed by atoms with Gasteiger partial charge in [-0.15, -0.1) is 0 Å². The molecule has 1 aliphatic carbocycles. The lowest BCUT2D eigenvalue weighted by atomic mass is 9.69. The van der Waals surface area contributed by atoms with Crippen molar-refractivity contribution >= 4 is 17.5 Å². The van der Waals surface area contributed by atoms with Crippen LogP contribution < -0.4 is 9.47 Å². The van der Waals surface area contributed by atoms with Gasteiger partial charge < -0.3 is 14.2 Å². The molecule has 1 heterocycles. The van der Waals surface area contributed by atoms with E-state index in [4.69, 9.17) is 19.2 Å². The summed E-state index contributed by atoms with van der Waals surface area (Å²) in [5.74, 6) is -0.367. The number of Topliss-reactive ketones (excluding diaryl/α,β-unsaturated/α-hetero) is 1. The van der Waals surface area contributed by atoms with Crippen molar-refractivity contribution < 1.29 is 23.8 Å². The molecular formula is C28H31NO5. The molecule has 0 bridgehead atoms. The van der Waals surface area contributed by atoms with Crippen molar-refractivity contribution in [1.29, 1.82) is 0 Å². The maximum absolute atomic E-state index is 13.7. The Balaban J connectivity index is 1.85. The maximum Gasteiger partial charge on any atom is 0.315 e. The summed E-state index contributed by atoms with van der Waals surface area (Å²) in [7, 11) is 3.16. The summed E-state index contributed by atoms with van der Waals surface area (Å²) in [6, 6.07) is 15.5. The van der Waals surface area contributed by atoms with Crippen molar-refractivity contribution in [2.24, 2.45) is 10.9 Å². The van der Waals surface area contributed by atoms with Crippen LogP contribution in [0, 0.1) is 5.92 Å². The molecule has 3 atom stereocenters. The molecule has 2 aliphatic rings. The number of ketones is 1. The van der Waals surface area contributed by atoms with E-state index >= 15 is 0 Å². The first-order valence-electron chi connectivity index (χ1n) is 11.6. The smallest absolute Gasteiger partial charge is 0.315 e. The second-order valence-corrected chi connectivity index (χ2v) is 9.10. The van der Waals surface area contributed by atoms with Gasteiger partial charge in [0, 0.05) is 41.0 Å². The monoisotopic (exact) mass is 461 g/mol. The average molecular weight is 462 g/mol. The Morgan fingerprint density at radius 3 is 2.41 bits per heavy atom. The third kappa shape index (κ3) is 4.49. The summed E-state index contributed by atoms with van der Waals surface area (Å²) in [5.41, 5.74) is 3.86. The van der Waals surface area contributed by atoms with Gasteiger partial charge in [-0.3, -0.25) is 14.6 Å². The molecule has 6 nitrogen and oxygen atoms in total. The number of hydrogen-bond donors (Lipinski definition) is 0. The van der Waals surface area contributed by atoms with Gasteiger partial charge >= 0.3 is 5.97 Å². The van der Waals surface area contributed by atoms with E-state index in [0.717, 1.165) is 16.8 Å². The molecule has 178 valence electrons. The van der Waals surface area contributed by atoms with E-state index in [1.807, 2.05) is 51.1 Å². The first-order valence-corrected chi connectivity index (χ1v) is 11.6. The van der Waals surface area contributed by atoms with E-state index < -0.39 is 11.8 Å². The van der Waals surface area contributed by atoms with Gasteiger partial charge in [-0.2, -0.15) is 0 Å². The van der Waals surface area contributed by atoms with Crippen molar-refractivity contribution in [3.63, 3.8) is 0 Å². The maximum atomic E-state index is 13.7. The molecule has 0 amide bonds. The van der Waals surface area contributed by atoms with Gasteiger partial charge in [-0.1, -0.05) is 36.4 Å². The van der Waals surface area contributed by atoms with Crippen LogP contribution in [0.4, 0.5) is 0 Å². The third-order valence-corrected chi connectivity index (χ3v) is 6.54. The standard InChI is InChI=1S/C28H31NO5/c1-16(2)34-28(31)25-17(3)29-22-13-19(18-9-7-6-8-10-18)14-23(30)27(22)26(25)21-12-11-20(32-4)15-24(21)33-5/h6-12,15-16,19,25-26H,13-14H2,1-5H3/t19-,25?,26-/m1/s1. The Labute approximate surface area is 200 Å². The van der Waals surface area contributed by atoms with Crippen LogP contribution in [0.2, 0.25) is 0 Å². The van der Waals surface area contributed by atoms with Crippen molar-refractivity contribution in [3.05, 3.63) is 70.9 Å². The average Bonchev–Trinajstić information content (AvgIpc) is 2.82. The van der Waals surface area contributed by atoms with Gasteiger partial charge in [0.1, 0.15) is 17.4 Å². The highest BCUT2D eigenvalue weighted by Gasteiger charge is 2.46. The van der Waals surface area contributed by atoms with Crippen LogP contribution in [0.25, 0.3) is 0 Å². The number of methoxy groups -OCH3 is 2. The van der Waals surface area contributed by atoms with E-state index in [9.17, 15) is 9.59 Å². The van der Waals surface area contributed by atoms with E-state index in [0.29, 0.717) is 35.6 Å². The quantitative estimate of drug-likeness (QED) is 0.551. The van der Waals surface area contributed by atoms with Crippen LogP contribution in [0.5, 0.6) is 11.5 Å². The first-order chi connectivity index (χ1) is 16.3. The van der Waals surface area contributed by atoms with Crippen LogP contribution in [-0.4, -0.2) is 37.8 Å². The van der Waals surface area contributed by atoms with Gasteiger partial charge in [0.15, 0.2) is 5.78 Å². The highest BCUT2D eigenvalue weighted by atomic mass is 16.5. The number of nitrogens with zero attached hydrogens (tertiary/aromatic N) is 1. The summed E-state index contributed by atoms with van der Waals surface area (Å²) in [6.07, 6.45) is 0.736. The van der Waals surface area contributed by atoms with Gasteiger partial charge in [0.2, 0.25) is 0 Å². The molecule has 4 rings (SSSR count). The molecule has 6 heteroatoms. The Morgan fingerprint density at radius 1 is 1.03 bits per heavy atom. The van der Waals surface area contributed by atoms with E-state index in [-0.39, 0.29) is 23.8 Å². The summed E-state index contributed by atoms with van der Waals surface area (Å²) < 4.78 is 16.7. The molecule has 0 saturated heterocycles. The summed E-state index contributed by atoms with van der Waals surface area (Å²) in [6.45, 7) is 5.48. The number of hydrogen-bond acceptors (Lipinski definition) is 6. The molecule has 34 heavy (non-hydrogen) atoms. The lowest BCUT2D eigenvalue weighted by molar-refractivity contribution is -0.150. The molecule has 0 radical (unpaired) electrons. The predicted molar refractivity (Wildman–Crippen MR) is 131 cm³/mol. The van der Waals surface area contributed by atoms with Crippen molar-refractivity contribution in [2.75, 3.05) is 14.2 Å². The molecule has 0 saturated carbocycles. The number of ether oxygens (including phenoxy) is 3. The third-order valence-electron chi connectivity index (χ3n) is 6.54. The Morgan fingerprint density at radius 2 is 1.76 bits per heavy atom. The molecule has 0 fully saturated rings. The van der Waals surface area contributed by atoms with E-state index in [1.165, 1.54) is 0 Å². The fourth-order valence-corrected chi connectivity index (χ4v) is 5.04. The van der Waals surface area contributed by atoms with Crippen molar-refractivity contribution in [1.82, 2.24) is 0 Å². The van der Waals surface area contributed by atoms with Crippen LogP contribution in [0.15, 0.2) is 64.8 Å². The van der Waals surface area contributed by atoms with Crippen molar-refractivity contribution in [3.8, 4) is 11.5 Å². The zero-order valence-electron chi connectivity index (χ0n) is 20.3. The van der Waals surface area contributed by atoms with Gasteiger partial charge in [-0.25, -0.2) is 0 Å². The van der Waals surface area contributed by atoms with E-state index in [1.54, 1.807) is 20.3 Å². The molecule has 0 N–H and O–H groups in total. The van der Waals surface area contributed by atoms with Gasteiger partial charge in [-0.05, 0) is 44.7 Å². The Kier molecular flexibility index (Phi) is 6.87. The van der Waals surface area contributed by atoms with Crippen LogP contribution in [0.1, 0.15) is 56.6 Å². The summed E-state index contributed by atoms with van der Waals surface area (Å²) in [5, 5.41) is 0. The summed E-state index contributed by atoms with van der Waals surface area (Å²) in [4.78, 5) is 31.8. The van der Waals surface area contributed by atoms with Crippen LogP contribution in [-0.2, 0) is 14.3 Å².